The van der Waals surface area contributed by atoms with Gasteiger partial charge in [0.15, 0.2) is 0 Å². The largest absolute Gasteiger partial charge is 0.496 e. The van der Waals surface area contributed by atoms with Crippen molar-refractivity contribution in [2.75, 3.05) is 7.11 Å². The summed E-state index contributed by atoms with van der Waals surface area (Å²) in [5.41, 5.74) is 0.757. The summed E-state index contributed by atoms with van der Waals surface area (Å²) in [4.78, 5) is 23.0. The van der Waals surface area contributed by atoms with Gasteiger partial charge in [0.25, 0.3) is 0 Å². The van der Waals surface area contributed by atoms with Gasteiger partial charge in [-0.2, -0.15) is 0 Å². The zero-order valence-electron chi connectivity index (χ0n) is 12.1. The van der Waals surface area contributed by atoms with Crippen LogP contribution in [0.25, 0.3) is 0 Å². The predicted octanol–water partition coefficient (Wildman–Crippen LogP) is 1.85. The van der Waals surface area contributed by atoms with Crippen molar-refractivity contribution < 1.29 is 19.4 Å². The molecule has 1 aromatic rings. The van der Waals surface area contributed by atoms with E-state index in [0.29, 0.717) is 12.2 Å². The van der Waals surface area contributed by atoms with Gasteiger partial charge in [-0.25, -0.2) is 4.79 Å². The maximum absolute atomic E-state index is 11.7. The first-order chi connectivity index (χ1) is 9.43. The average Bonchev–Trinajstić information content (AvgIpc) is 2.37. The molecule has 20 heavy (non-hydrogen) atoms. The summed E-state index contributed by atoms with van der Waals surface area (Å²) in [6.45, 7) is 3.82. The maximum atomic E-state index is 11.7. The van der Waals surface area contributed by atoms with Crippen molar-refractivity contribution in [3.63, 3.8) is 0 Å². The lowest BCUT2D eigenvalue weighted by Gasteiger charge is -2.17. The second-order valence-corrected chi connectivity index (χ2v) is 5.07. The first kappa shape index (κ1) is 16.0. The molecule has 1 atom stereocenters. The molecule has 5 heteroatoms. The van der Waals surface area contributed by atoms with Gasteiger partial charge in [0.2, 0.25) is 5.91 Å². The van der Waals surface area contributed by atoms with Gasteiger partial charge in [0.1, 0.15) is 11.8 Å². The van der Waals surface area contributed by atoms with Gasteiger partial charge in [-0.15, -0.1) is 0 Å². The lowest BCUT2D eigenvalue weighted by atomic mass is 10.0. The number of aliphatic carboxylic acids is 1. The van der Waals surface area contributed by atoms with Crippen LogP contribution in [0.15, 0.2) is 24.3 Å². The highest BCUT2D eigenvalue weighted by molar-refractivity contribution is 5.83. The van der Waals surface area contributed by atoms with E-state index in [1.54, 1.807) is 12.1 Å². The van der Waals surface area contributed by atoms with E-state index < -0.39 is 12.0 Å². The summed E-state index contributed by atoms with van der Waals surface area (Å²) in [6.07, 6.45) is 0.513. The molecule has 1 aromatic carbocycles. The van der Waals surface area contributed by atoms with Crippen molar-refractivity contribution in [2.24, 2.45) is 5.92 Å². The number of ether oxygens (including phenoxy) is 1. The number of rotatable bonds is 7. The SMILES string of the molecule is COc1ccccc1C[C@H](NC(=O)CC(C)C)C(=O)O. The Morgan fingerprint density at radius 3 is 2.50 bits per heavy atom. The van der Waals surface area contributed by atoms with Crippen LogP contribution in [-0.4, -0.2) is 30.1 Å². The highest BCUT2D eigenvalue weighted by Gasteiger charge is 2.22. The number of nitrogens with one attached hydrogen (secondary N) is 1. The summed E-state index contributed by atoms with van der Waals surface area (Å²) in [6, 6.07) is 6.24. The van der Waals surface area contributed by atoms with Gasteiger partial charge in [-0.1, -0.05) is 32.0 Å². The minimum absolute atomic E-state index is 0.190. The molecule has 0 aliphatic carbocycles. The second-order valence-electron chi connectivity index (χ2n) is 5.07. The summed E-state index contributed by atoms with van der Waals surface area (Å²) in [5.74, 6) is -0.483. The standard InChI is InChI=1S/C15H21NO4/c1-10(2)8-14(17)16-12(15(18)19)9-11-6-4-5-7-13(11)20-3/h4-7,10,12H,8-9H2,1-3H3,(H,16,17)(H,18,19)/t12-/m0/s1. The third kappa shape index (κ3) is 4.91. The van der Waals surface area contributed by atoms with Crippen molar-refractivity contribution in [2.45, 2.75) is 32.7 Å². The molecule has 0 aromatic heterocycles. The van der Waals surface area contributed by atoms with Gasteiger partial charge < -0.3 is 15.2 Å². The molecule has 0 radical (unpaired) electrons. The predicted molar refractivity (Wildman–Crippen MR) is 75.7 cm³/mol. The van der Waals surface area contributed by atoms with Crippen LogP contribution in [0.5, 0.6) is 5.75 Å². The fourth-order valence-corrected chi connectivity index (χ4v) is 1.92. The normalized spacial score (nSPS) is 12.0. The minimum atomic E-state index is -1.05. The third-order valence-corrected chi connectivity index (χ3v) is 2.84. The highest BCUT2D eigenvalue weighted by atomic mass is 16.5. The number of hydrogen-bond donors (Lipinski definition) is 2. The fourth-order valence-electron chi connectivity index (χ4n) is 1.92. The molecule has 0 heterocycles. The van der Waals surface area contributed by atoms with Gasteiger partial charge in [-0.05, 0) is 17.5 Å². The Hall–Kier alpha value is -2.04. The Balaban J connectivity index is 2.77. The van der Waals surface area contributed by atoms with E-state index in [0.717, 1.165) is 5.56 Å². The monoisotopic (exact) mass is 279 g/mol. The average molecular weight is 279 g/mol. The number of carboxylic acids is 1. The van der Waals surface area contributed by atoms with Crippen LogP contribution >= 0.6 is 0 Å². The summed E-state index contributed by atoms with van der Waals surface area (Å²) >= 11 is 0. The topological polar surface area (TPSA) is 75.6 Å². The number of methoxy groups -OCH3 is 1. The summed E-state index contributed by atoms with van der Waals surface area (Å²) in [7, 11) is 1.53. The molecule has 0 aliphatic heterocycles. The van der Waals surface area contributed by atoms with Gasteiger partial charge in [0.05, 0.1) is 7.11 Å². The van der Waals surface area contributed by atoms with Gasteiger partial charge >= 0.3 is 5.97 Å². The molecule has 110 valence electrons. The van der Waals surface area contributed by atoms with Gasteiger partial charge in [-0.3, -0.25) is 4.79 Å². The maximum Gasteiger partial charge on any atom is 0.326 e. The molecule has 0 saturated carbocycles. The number of carbonyl (C=O) groups excluding carboxylic acids is 1. The van der Waals surface area contributed by atoms with Crippen molar-refractivity contribution >= 4 is 11.9 Å². The molecule has 0 saturated heterocycles. The van der Waals surface area contributed by atoms with E-state index in [1.165, 1.54) is 7.11 Å². The quantitative estimate of drug-likeness (QED) is 0.798. The Bertz CT molecular complexity index is 471. The minimum Gasteiger partial charge on any atom is -0.496 e. The zero-order chi connectivity index (χ0) is 15.1. The molecule has 0 fully saturated rings. The molecule has 0 bridgehead atoms. The van der Waals surface area contributed by atoms with Crippen LogP contribution in [0.3, 0.4) is 0 Å². The Labute approximate surface area is 118 Å². The number of carboxylic acid groups (broad SMARTS) is 1. The highest BCUT2D eigenvalue weighted by Crippen LogP contribution is 2.19. The first-order valence-electron chi connectivity index (χ1n) is 6.58. The molecule has 2 N–H and O–H groups in total. The van der Waals surface area contributed by atoms with Crippen LogP contribution in [0.4, 0.5) is 0 Å². The van der Waals surface area contributed by atoms with E-state index in [1.807, 2.05) is 26.0 Å². The van der Waals surface area contributed by atoms with Crippen molar-refractivity contribution in [1.82, 2.24) is 5.32 Å². The third-order valence-electron chi connectivity index (χ3n) is 2.84. The number of carbonyl (C=O) groups is 2. The number of para-hydroxylation sites is 1. The first-order valence-corrected chi connectivity index (χ1v) is 6.58. The Morgan fingerprint density at radius 2 is 1.95 bits per heavy atom. The molecule has 1 amide bonds. The van der Waals surface area contributed by atoms with Crippen LogP contribution in [0.2, 0.25) is 0 Å². The smallest absolute Gasteiger partial charge is 0.326 e. The fraction of sp³-hybridized carbons (Fsp3) is 0.467. The van der Waals surface area contributed by atoms with Gasteiger partial charge in [0, 0.05) is 12.8 Å². The Kier molecular flexibility index (Phi) is 6.03. The van der Waals surface area contributed by atoms with Crippen molar-refractivity contribution in [3.8, 4) is 5.75 Å². The lowest BCUT2D eigenvalue weighted by Crippen LogP contribution is -2.42. The van der Waals surface area contributed by atoms with E-state index in [9.17, 15) is 14.7 Å². The lowest BCUT2D eigenvalue weighted by molar-refractivity contribution is -0.141. The molecule has 0 unspecified atom stereocenters. The number of benzene rings is 1. The van der Waals surface area contributed by atoms with Crippen molar-refractivity contribution in [1.29, 1.82) is 0 Å². The van der Waals surface area contributed by atoms with Crippen LogP contribution in [0.1, 0.15) is 25.8 Å². The van der Waals surface area contributed by atoms with Crippen LogP contribution in [0, 0.1) is 5.92 Å². The molecular formula is C15H21NO4. The summed E-state index contributed by atoms with van der Waals surface area (Å²) < 4.78 is 5.19. The molecule has 5 nitrogen and oxygen atoms in total. The molecular weight excluding hydrogens is 258 g/mol. The number of amides is 1. The van der Waals surface area contributed by atoms with E-state index in [4.69, 9.17) is 4.74 Å². The Morgan fingerprint density at radius 1 is 1.30 bits per heavy atom. The molecule has 0 spiro atoms. The van der Waals surface area contributed by atoms with Crippen molar-refractivity contribution in [3.05, 3.63) is 29.8 Å². The van der Waals surface area contributed by atoms with E-state index in [2.05, 4.69) is 5.32 Å². The van der Waals surface area contributed by atoms with E-state index >= 15 is 0 Å². The van der Waals surface area contributed by atoms with E-state index in [-0.39, 0.29) is 18.2 Å². The molecule has 0 aliphatic rings. The second kappa shape index (κ2) is 7.53. The molecule has 1 rings (SSSR count). The van der Waals surface area contributed by atoms with Crippen LogP contribution in [-0.2, 0) is 16.0 Å². The summed E-state index contributed by atoms with van der Waals surface area (Å²) in [5, 5.41) is 11.8. The zero-order valence-corrected chi connectivity index (χ0v) is 12.1. The van der Waals surface area contributed by atoms with Crippen LogP contribution < -0.4 is 10.1 Å². The number of hydrogen-bond acceptors (Lipinski definition) is 3.